The average molecular weight is 313 g/mol. The Labute approximate surface area is 117 Å². The van der Waals surface area contributed by atoms with Crippen LogP contribution in [0.5, 0.6) is 0 Å². The van der Waals surface area contributed by atoms with Crippen LogP contribution in [0.15, 0.2) is 22.7 Å². The number of halogens is 1. The normalized spacial score (nSPS) is 20.8. The van der Waals surface area contributed by atoms with Gasteiger partial charge in [0.1, 0.15) is 0 Å². The Kier molecular flexibility index (Phi) is 3.99. The van der Waals surface area contributed by atoms with E-state index in [2.05, 4.69) is 39.0 Å². The Morgan fingerprint density at radius 2 is 2.00 bits per heavy atom. The molecule has 18 heavy (non-hydrogen) atoms. The number of nitrogens with zero attached hydrogens (tertiary/aromatic N) is 1. The minimum atomic E-state index is -0.501. The second-order valence-corrected chi connectivity index (χ2v) is 6.33. The van der Waals surface area contributed by atoms with Crippen molar-refractivity contribution in [3.63, 3.8) is 0 Å². The quantitative estimate of drug-likeness (QED) is 0.883. The van der Waals surface area contributed by atoms with Crippen molar-refractivity contribution in [2.45, 2.75) is 38.3 Å². The predicted octanol–water partition coefficient (Wildman–Crippen LogP) is 2.82. The van der Waals surface area contributed by atoms with E-state index in [-0.39, 0.29) is 6.04 Å². The maximum absolute atomic E-state index is 9.96. The molecule has 0 aliphatic carbocycles. The molecule has 1 aliphatic rings. The van der Waals surface area contributed by atoms with Crippen molar-refractivity contribution in [1.82, 2.24) is 0 Å². The molecule has 0 amide bonds. The number of benzene rings is 1. The van der Waals surface area contributed by atoms with Crippen molar-refractivity contribution >= 4 is 21.6 Å². The SMILES string of the molecule is C[C@@H](N)c1ccc(N2CCC(C)(O)CC2)cc1Br. The molecule has 0 bridgehead atoms. The molecule has 3 nitrogen and oxygen atoms in total. The van der Waals surface area contributed by atoms with Crippen LogP contribution in [0.4, 0.5) is 5.69 Å². The molecule has 1 saturated heterocycles. The van der Waals surface area contributed by atoms with Crippen molar-refractivity contribution in [3.8, 4) is 0 Å². The number of hydrogen-bond acceptors (Lipinski definition) is 3. The molecule has 1 atom stereocenters. The third kappa shape index (κ3) is 3.05. The van der Waals surface area contributed by atoms with Gasteiger partial charge < -0.3 is 15.7 Å². The first kappa shape index (κ1) is 13.8. The smallest absolute Gasteiger partial charge is 0.0653 e. The molecule has 0 unspecified atom stereocenters. The first-order valence-corrected chi connectivity index (χ1v) is 7.21. The van der Waals surface area contributed by atoms with Gasteiger partial charge in [-0.05, 0) is 44.4 Å². The zero-order valence-corrected chi connectivity index (χ0v) is 12.6. The molecule has 3 N–H and O–H groups in total. The number of aliphatic hydroxyl groups is 1. The van der Waals surface area contributed by atoms with Crippen molar-refractivity contribution in [1.29, 1.82) is 0 Å². The topological polar surface area (TPSA) is 49.5 Å². The van der Waals surface area contributed by atoms with Gasteiger partial charge in [0.2, 0.25) is 0 Å². The van der Waals surface area contributed by atoms with Gasteiger partial charge in [-0.25, -0.2) is 0 Å². The van der Waals surface area contributed by atoms with Crippen LogP contribution in [0.3, 0.4) is 0 Å². The fourth-order valence-corrected chi connectivity index (χ4v) is 3.06. The highest BCUT2D eigenvalue weighted by atomic mass is 79.9. The lowest BCUT2D eigenvalue weighted by Crippen LogP contribution is -2.42. The summed E-state index contributed by atoms with van der Waals surface area (Å²) in [5, 5.41) is 9.96. The molecule has 1 aromatic rings. The van der Waals surface area contributed by atoms with Crippen LogP contribution in [0.25, 0.3) is 0 Å². The number of hydrogen-bond donors (Lipinski definition) is 2. The summed E-state index contributed by atoms with van der Waals surface area (Å²) in [5.41, 5.74) is 7.73. The molecule has 1 fully saturated rings. The summed E-state index contributed by atoms with van der Waals surface area (Å²) in [4.78, 5) is 2.31. The Morgan fingerprint density at radius 3 is 2.50 bits per heavy atom. The number of anilines is 1. The molecule has 2 rings (SSSR count). The summed E-state index contributed by atoms with van der Waals surface area (Å²) in [5.74, 6) is 0. The van der Waals surface area contributed by atoms with Crippen LogP contribution < -0.4 is 10.6 Å². The van der Waals surface area contributed by atoms with E-state index in [0.717, 1.165) is 36.0 Å². The van der Waals surface area contributed by atoms with Gasteiger partial charge in [-0.15, -0.1) is 0 Å². The third-order valence-electron chi connectivity index (χ3n) is 3.68. The van der Waals surface area contributed by atoms with E-state index in [9.17, 15) is 5.11 Å². The van der Waals surface area contributed by atoms with Crippen LogP contribution in [-0.2, 0) is 0 Å². The molecule has 0 spiro atoms. The molecular formula is C14H21BrN2O. The largest absolute Gasteiger partial charge is 0.390 e. The van der Waals surface area contributed by atoms with Gasteiger partial charge in [0.05, 0.1) is 5.60 Å². The molecule has 4 heteroatoms. The molecule has 100 valence electrons. The molecule has 0 aromatic heterocycles. The number of nitrogens with two attached hydrogens (primary N) is 1. The zero-order chi connectivity index (χ0) is 13.3. The fourth-order valence-electron chi connectivity index (χ4n) is 2.33. The summed E-state index contributed by atoms with van der Waals surface area (Å²) in [6, 6.07) is 6.36. The van der Waals surface area contributed by atoms with E-state index in [1.54, 1.807) is 0 Å². The molecule has 1 aromatic carbocycles. The Balaban J connectivity index is 2.13. The Bertz CT molecular complexity index is 422. The molecule has 0 radical (unpaired) electrons. The van der Waals surface area contributed by atoms with Gasteiger partial charge in [0, 0.05) is 29.3 Å². The minimum absolute atomic E-state index is 0.0375. The average Bonchev–Trinajstić information content (AvgIpc) is 2.28. The van der Waals surface area contributed by atoms with Gasteiger partial charge in [0.15, 0.2) is 0 Å². The van der Waals surface area contributed by atoms with E-state index < -0.39 is 5.60 Å². The summed E-state index contributed by atoms with van der Waals surface area (Å²) in [7, 11) is 0. The summed E-state index contributed by atoms with van der Waals surface area (Å²) in [6.07, 6.45) is 1.64. The van der Waals surface area contributed by atoms with Gasteiger partial charge in [-0.1, -0.05) is 22.0 Å². The van der Waals surface area contributed by atoms with E-state index in [4.69, 9.17) is 5.73 Å². The molecular weight excluding hydrogens is 292 g/mol. The Hall–Kier alpha value is -0.580. The van der Waals surface area contributed by atoms with E-state index in [0.29, 0.717) is 0 Å². The van der Waals surface area contributed by atoms with Crippen molar-refractivity contribution < 1.29 is 5.11 Å². The monoisotopic (exact) mass is 312 g/mol. The van der Waals surface area contributed by atoms with Crippen molar-refractivity contribution in [3.05, 3.63) is 28.2 Å². The van der Waals surface area contributed by atoms with Crippen LogP contribution in [0.2, 0.25) is 0 Å². The second-order valence-electron chi connectivity index (χ2n) is 5.48. The highest BCUT2D eigenvalue weighted by molar-refractivity contribution is 9.10. The van der Waals surface area contributed by atoms with Crippen LogP contribution in [0, 0.1) is 0 Å². The fraction of sp³-hybridized carbons (Fsp3) is 0.571. The van der Waals surface area contributed by atoms with Gasteiger partial charge in [-0.2, -0.15) is 0 Å². The lowest BCUT2D eigenvalue weighted by Gasteiger charge is -2.37. The summed E-state index contributed by atoms with van der Waals surface area (Å²) < 4.78 is 1.06. The first-order valence-electron chi connectivity index (χ1n) is 6.41. The highest BCUT2D eigenvalue weighted by Crippen LogP contribution is 2.30. The van der Waals surface area contributed by atoms with Crippen LogP contribution >= 0.6 is 15.9 Å². The first-order chi connectivity index (χ1) is 8.39. The van der Waals surface area contributed by atoms with Crippen molar-refractivity contribution in [2.24, 2.45) is 5.73 Å². The van der Waals surface area contributed by atoms with E-state index >= 15 is 0 Å². The standard InChI is InChI=1S/C14H21BrN2O/c1-10(16)12-4-3-11(9-13(12)15)17-7-5-14(2,18)6-8-17/h3-4,9-10,18H,5-8,16H2,1-2H3/t10-/m1/s1. The van der Waals surface area contributed by atoms with E-state index in [1.807, 2.05) is 13.8 Å². The number of piperidine rings is 1. The second kappa shape index (κ2) is 5.19. The van der Waals surface area contributed by atoms with Crippen molar-refractivity contribution in [2.75, 3.05) is 18.0 Å². The lowest BCUT2D eigenvalue weighted by molar-refractivity contribution is 0.0351. The minimum Gasteiger partial charge on any atom is -0.390 e. The van der Waals surface area contributed by atoms with Crippen LogP contribution in [0.1, 0.15) is 38.3 Å². The highest BCUT2D eigenvalue weighted by Gasteiger charge is 2.27. The maximum Gasteiger partial charge on any atom is 0.0653 e. The summed E-state index contributed by atoms with van der Waals surface area (Å²) >= 11 is 3.58. The number of rotatable bonds is 2. The molecule has 1 heterocycles. The Morgan fingerprint density at radius 1 is 1.39 bits per heavy atom. The van der Waals surface area contributed by atoms with Gasteiger partial charge in [0.25, 0.3) is 0 Å². The lowest BCUT2D eigenvalue weighted by atomic mass is 9.93. The third-order valence-corrected chi connectivity index (χ3v) is 4.37. The van der Waals surface area contributed by atoms with Crippen LogP contribution in [-0.4, -0.2) is 23.8 Å². The van der Waals surface area contributed by atoms with Gasteiger partial charge >= 0.3 is 0 Å². The predicted molar refractivity (Wildman–Crippen MR) is 78.8 cm³/mol. The molecule has 0 saturated carbocycles. The van der Waals surface area contributed by atoms with E-state index in [1.165, 1.54) is 5.69 Å². The van der Waals surface area contributed by atoms with Gasteiger partial charge in [-0.3, -0.25) is 0 Å². The zero-order valence-electron chi connectivity index (χ0n) is 11.0. The summed E-state index contributed by atoms with van der Waals surface area (Å²) in [6.45, 7) is 5.70. The maximum atomic E-state index is 9.96. The molecule has 1 aliphatic heterocycles.